The van der Waals surface area contributed by atoms with Crippen molar-refractivity contribution in [3.63, 3.8) is 0 Å². The predicted molar refractivity (Wildman–Crippen MR) is 122 cm³/mol. The van der Waals surface area contributed by atoms with E-state index in [0.717, 1.165) is 29.8 Å². The fourth-order valence-corrected chi connectivity index (χ4v) is 5.01. The van der Waals surface area contributed by atoms with Crippen molar-refractivity contribution in [3.05, 3.63) is 35.0 Å². The lowest BCUT2D eigenvalue weighted by molar-refractivity contribution is -0.197. The van der Waals surface area contributed by atoms with Crippen LogP contribution in [0.2, 0.25) is 0 Å². The summed E-state index contributed by atoms with van der Waals surface area (Å²) >= 11 is 0. The summed E-state index contributed by atoms with van der Waals surface area (Å²) in [5, 5.41) is 4.49. The molecule has 2 saturated carbocycles. The summed E-state index contributed by atoms with van der Waals surface area (Å²) < 4.78 is 47.8. The first-order valence-electron chi connectivity index (χ1n) is 12.2. The van der Waals surface area contributed by atoms with Crippen LogP contribution in [0.25, 0.3) is 11.2 Å². The topological polar surface area (TPSA) is 81.9 Å². The molecule has 3 aromatic heterocycles. The third kappa shape index (κ3) is 4.23. The summed E-state index contributed by atoms with van der Waals surface area (Å²) in [6.45, 7) is 6.80. The zero-order valence-electron chi connectivity index (χ0n) is 20.0. The molecule has 0 amide bonds. The third-order valence-corrected chi connectivity index (χ3v) is 7.40. The Balaban J connectivity index is 1.34. The normalized spacial score (nSPS) is 27.3. The average Bonchev–Trinajstić information content (AvgIpc) is 3.48. The Labute approximate surface area is 200 Å². The van der Waals surface area contributed by atoms with E-state index in [1.165, 1.54) is 0 Å². The van der Waals surface area contributed by atoms with Crippen molar-refractivity contribution in [1.82, 2.24) is 29.7 Å². The number of hydrogen-bond donors (Lipinski definition) is 0. The van der Waals surface area contributed by atoms with E-state index in [9.17, 15) is 13.2 Å². The minimum absolute atomic E-state index is 0.0200. The highest BCUT2D eigenvalue weighted by Crippen LogP contribution is 2.50. The molecule has 4 heterocycles. The van der Waals surface area contributed by atoms with Gasteiger partial charge in [-0.05, 0) is 46.5 Å². The highest BCUT2D eigenvalue weighted by Gasteiger charge is 2.49. The molecule has 3 aromatic rings. The van der Waals surface area contributed by atoms with Crippen LogP contribution >= 0.6 is 0 Å². The maximum atomic E-state index is 13.2. The molecule has 0 bridgehead atoms. The first-order valence-corrected chi connectivity index (χ1v) is 12.2. The molecule has 3 aliphatic rings. The number of alkyl halides is 3. The summed E-state index contributed by atoms with van der Waals surface area (Å²) in [7, 11) is 0. The number of aryl methyl sites for hydroxylation is 2. The van der Waals surface area contributed by atoms with Crippen molar-refractivity contribution in [2.24, 2.45) is 5.92 Å². The van der Waals surface area contributed by atoms with Crippen LogP contribution in [0.3, 0.4) is 0 Å². The minimum atomic E-state index is -4.18. The van der Waals surface area contributed by atoms with Crippen LogP contribution in [-0.4, -0.2) is 55.1 Å². The van der Waals surface area contributed by atoms with Crippen molar-refractivity contribution in [2.75, 3.05) is 18.0 Å². The number of halogens is 3. The maximum absolute atomic E-state index is 13.2. The standard InChI is InChI=1S/C24H28F3N7O/c1-12-9-33(11-19(35-12)16-8-28-34(10-16)18-4-5-18)23-31-20(15-6-17(7-15)24(25,26)27)21-22(32-23)30-14(3)13(2)29-21/h8,10,12,15,17-19H,4-7,9,11H2,1-3H3/t12-,15?,17?,19-/m0/s1. The quantitative estimate of drug-likeness (QED) is 0.532. The monoisotopic (exact) mass is 487 g/mol. The van der Waals surface area contributed by atoms with E-state index in [-0.39, 0.29) is 31.0 Å². The molecule has 0 unspecified atom stereocenters. The first kappa shape index (κ1) is 22.6. The second kappa shape index (κ2) is 8.11. The van der Waals surface area contributed by atoms with E-state index in [1.807, 2.05) is 36.5 Å². The molecule has 0 radical (unpaired) electrons. The van der Waals surface area contributed by atoms with Crippen LogP contribution in [-0.2, 0) is 4.74 Å². The second-order valence-corrected chi connectivity index (χ2v) is 10.2. The molecule has 0 aromatic carbocycles. The molecular weight excluding hydrogens is 459 g/mol. The Morgan fingerprint density at radius 2 is 1.74 bits per heavy atom. The van der Waals surface area contributed by atoms with Crippen LogP contribution in [0.4, 0.5) is 19.1 Å². The van der Waals surface area contributed by atoms with Crippen LogP contribution in [0.5, 0.6) is 0 Å². The first-order chi connectivity index (χ1) is 16.7. The SMILES string of the molecule is Cc1nc2nc(N3C[C@@H](c4cnn(C5CC5)c4)O[C@@H](C)C3)nc(C3CC(C(F)(F)F)C3)c2nc1C. The minimum Gasteiger partial charge on any atom is -0.367 e. The lowest BCUT2D eigenvalue weighted by Crippen LogP contribution is -2.44. The highest BCUT2D eigenvalue weighted by atomic mass is 19.4. The van der Waals surface area contributed by atoms with Gasteiger partial charge < -0.3 is 9.64 Å². The van der Waals surface area contributed by atoms with Crippen LogP contribution in [0.1, 0.15) is 73.3 Å². The average molecular weight is 488 g/mol. The molecule has 8 nitrogen and oxygen atoms in total. The van der Waals surface area contributed by atoms with Gasteiger partial charge in [0.25, 0.3) is 0 Å². The summed E-state index contributed by atoms with van der Waals surface area (Å²) in [6.07, 6.45) is 1.79. The number of anilines is 1. The van der Waals surface area contributed by atoms with Crippen molar-refractivity contribution < 1.29 is 17.9 Å². The Hall–Kier alpha value is -2.82. The van der Waals surface area contributed by atoms with Gasteiger partial charge in [-0.2, -0.15) is 23.3 Å². The molecule has 2 aliphatic carbocycles. The van der Waals surface area contributed by atoms with Gasteiger partial charge in [-0.1, -0.05) is 0 Å². The maximum Gasteiger partial charge on any atom is 0.391 e. The highest BCUT2D eigenvalue weighted by molar-refractivity contribution is 5.75. The Bertz CT molecular complexity index is 1270. The molecule has 0 N–H and O–H groups in total. The fraction of sp³-hybridized carbons (Fsp3) is 0.625. The van der Waals surface area contributed by atoms with Crippen molar-refractivity contribution >= 4 is 17.1 Å². The van der Waals surface area contributed by atoms with Crippen LogP contribution in [0, 0.1) is 19.8 Å². The molecule has 2 atom stereocenters. The number of nitrogens with zero attached hydrogens (tertiary/aromatic N) is 7. The molecule has 1 aliphatic heterocycles. The van der Waals surface area contributed by atoms with Gasteiger partial charge >= 0.3 is 6.18 Å². The third-order valence-electron chi connectivity index (χ3n) is 7.40. The van der Waals surface area contributed by atoms with Crippen molar-refractivity contribution in [1.29, 1.82) is 0 Å². The van der Waals surface area contributed by atoms with Gasteiger partial charge in [0, 0.05) is 24.2 Å². The number of hydrogen-bond acceptors (Lipinski definition) is 7. The lowest BCUT2D eigenvalue weighted by Gasteiger charge is -2.38. The summed E-state index contributed by atoms with van der Waals surface area (Å²) in [6, 6.07) is 0.487. The van der Waals surface area contributed by atoms with Crippen molar-refractivity contribution in [3.8, 4) is 0 Å². The van der Waals surface area contributed by atoms with Crippen molar-refractivity contribution in [2.45, 2.75) is 76.8 Å². The zero-order valence-corrected chi connectivity index (χ0v) is 20.0. The number of ether oxygens (including phenoxy) is 1. The van der Waals surface area contributed by atoms with Crippen LogP contribution in [0.15, 0.2) is 12.4 Å². The van der Waals surface area contributed by atoms with Gasteiger partial charge in [-0.3, -0.25) is 4.68 Å². The Morgan fingerprint density at radius 1 is 1.00 bits per heavy atom. The molecule has 6 rings (SSSR count). The van der Waals surface area contributed by atoms with Gasteiger partial charge in [0.2, 0.25) is 5.95 Å². The van der Waals surface area contributed by atoms with E-state index in [4.69, 9.17) is 14.7 Å². The van der Waals surface area contributed by atoms with Gasteiger partial charge in [0.1, 0.15) is 11.6 Å². The molecule has 186 valence electrons. The molecule has 35 heavy (non-hydrogen) atoms. The van der Waals surface area contributed by atoms with E-state index >= 15 is 0 Å². The van der Waals surface area contributed by atoms with E-state index < -0.39 is 12.1 Å². The van der Waals surface area contributed by atoms with Crippen LogP contribution < -0.4 is 4.90 Å². The smallest absolute Gasteiger partial charge is 0.367 e. The summed E-state index contributed by atoms with van der Waals surface area (Å²) in [4.78, 5) is 20.8. The van der Waals surface area contributed by atoms with E-state index in [2.05, 4.69) is 21.3 Å². The molecule has 11 heteroatoms. The fourth-order valence-electron chi connectivity index (χ4n) is 5.01. The lowest BCUT2D eigenvalue weighted by atomic mass is 9.72. The number of fused-ring (bicyclic) bond motifs is 1. The van der Waals surface area contributed by atoms with Gasteiger partial charge in [0.05, 0.1) is 47.9 Å². The zero-order chi connectivity index (χ0) is 24.5. The van der Waals surface area contributed by atoms with Gasteiger partial charge in [0.15, 0.2) is 5.65 Å². The largest absolute Gasteiger partial charge is 0.391 e. The van der Waals surface area contributed by atoms with Gasteiger partial charge in [-0.25, -0.2) is 15.0 Å². The Morgan fingerprint density at radius 3 is 2.46 bits per heavy atom. The van der Waals surface area contributed by atoms with E-state index in [0.29, 0.717) is 41.9 Å². The number of aromatic nitrogens is 6. The van der Waals surface area contributed by atoms with Gasteiger partial charge in [-0.15, -0.1) is 0 Å². The molecule has 0 spiro atoms. The number of rotatable bonds is 4. The predicted octanol–water partition coefficient (Wildman–Crippen LogP) is 4.59. The second-order valence-electron chi connectivity index (χ2n) is 10.2. The Kier molecular flexibility index (Phi) is 5.24. The molecular formula is C24H28F3N7O. The summed E-state index contributed by atoms with van der Waals surface area (Å²) in [5.41, 5.74) is 3.99. The number of morpholine rings is 1. The van der Waals surface area contributed by atoms with E-state index in [1.54, 1.807) is 0 Å². The molecule has 1 saturated heterocycles. The summed E-state index contributed by atoms with van der Waals surface area (Å²) in [5.74, 6) is -1.14. The molecule has 3 fully saturated rings.